The van der Waals surface area contributed by atoms with Gasteiger partial charge in [0.05, 0.1) is 11.6 Å². The lowest BCUT2D eigenvalue weighted by atomic mass is 10.2. The normalized spacial score (nSPS) is 9.65. The molecule has 1 aromatic carbocycles. The summed E-state index contributed by atoms with van der Waals surface area (Å²) in [5.74, 6) is -0.0743. The van der Waals surface area contributed by atoms with E-state index in [-0.39, 0.29) is 11.8 Å². The summed E-state index contributed by atoms with van der Waals surface area (Å²) in [6, 6.07) is 8.99. The Balaban J connectivity index is 2.54. The highest BCUT2D eigenvalue weighted by Crippen LogP contribution is 2.16. The standard InChI is InChI=1S/C15H19N3O2/c1-12(19)17-9-3-4-10-18(13(2)20)15-7-5-14(11-16)6-8-15/h5-8H,3-4,9-10H2,1-2H3,(H,17,19). The molecular weight excluding hydrogens is 254 g/mol. The number of amides is 2. The van der Waals surface area contributed by atoms with Gasteiger partial charge in [0.25, 0.3) is 0 Å². The molecule has 0 aromatic heterocycles. The second-order valence-electron chi connectivity index (χ2n) is 4.52. The molecular formula is C15H19N3O2. The smallest absolute Gasteiger partial charge is 0.223 e. The van der Waals surface area contributed by atoms with E-state index >= 15 is 0 Å². The van der Waals surface area contributed by atoms with Gasteiger partial charge in [-0.3, -0.25) is 9.59 Å². The fraction of sp³-hybridized carbons (Fsp3) is 0.400. The largest absolute Gasteiger partial charge is 0.356 e. The quantitative estimate of drug-likeness (QED) is 0.804. The maximum atomic E-state index is 11.7. The van der Waals surface area contributed by atoms with E-state index in [4.69, 9.17) is 5.26 Å². The third-order valence-electron chi connectivity index (χ3n) is 2.87. The zero-order valence-electron chi connectivity index (χ0n) is 11.8. The van der Waals surface area contributed by atoms with Crippen LogP contribution in [0.3, 0.4) is 0 Å². The highest BCUT2D eigenvalue weighted by Gasteiger charge is 2.10. The molecule has 0 heterocycles. The van der Waals surface area contributed by atoms with Gasteiger partial charge in [-0.1, -0.05) is 0 Å². The van der Waals surface area contributed by atoms with Gasteiger partial charge >= 0.3 is 0 Å². The maximum absolute atomic E-state index is 11.7. The summed E-state index contributed by atoms with van der Waals surface area (Å²) in [7, 11) is 0. The van der Waals surface area contributed by atoms with Crippen LogP contribution in [0, 0.1) is 11.3 Å². The SMILES string of the molecule is CC(=O)NCCCCN(C(C)=O)c1ccc(C#N)cc1. The molecule has 1 aromatic rings. The third kappa shape index (κ3) is 5.11. The van der Waals surface area contributed by atoms with Gasteiger partial charge < -0.3 is 10.2 Å². The maximum Gasteiger partial charge on any atom is 0.223 e. The molecule has 0 aliphatic carbocycles. The zero-order valence-corrected chi connectivity index (χ0v) is 11.8. The number of nitrogens with one attached hydrogen (secondary N) is 1. The minimum atomic E-state index is -0.0412. The first kappa shape index (κ1) is 15.7. The fourth-order valence-corrected chi connectivity index (χ4v) is 1.84. The van der Waals surface area contributed by atoms with Crippen molar-refractivity contribution in [1.82, 2.24) is 5.32 Å². The summed E-state index contributed by atoms with van der Waals surface area (Å²) in [4.78, 5) is 24.1. The van der Waals surface area contributed by atoms with Gasteiger partial charge in [-0.05, 0) is 37.1 Å². The molecule has 0 unspecified atom stereocenters. The average molecular weight is 273 g/mol. The van der Waals surface area contributed by atoms with Gasteiger partial charge in [0.15, 0.2) is 0 Å². The van der Waals surface area contributed by atoms with E-state index in [0.717, 1.165) is 18.5 Å². The minimum absolute atomic E-state index is 0.0331. The number of hydrogen-bond acceptors (Lipinski definition) is 3. The summed E-state index contributed by atoms with van der Waals surface area (Å²) in [6.07, 6.45) is 1.62. The molecule has 0 aliphatic rings. The zero-order chi connectivity index (χ0) is 15.0. The lowest BCUT2D eigenvalue weighted by Crippen LogP contribution is -2.30. The van der Waals surface area contributed by atoms with Gasteiger partial charge in [-0.2, -0.15) is 5.26 Å². The second-order valence-corrected chi connectivity index (χ2v) is 4.52. The van der Waals surface area contributed by atoms with Crippen molar-refractivity contribution in [1.29, 1.82) is 5.26 Å². The van der Waals surface area contributed by atoms with Gasteiger partial charge in [-0.25, -0.2) is 0 Å². The van der Waals surface area contributed by atoms with Gasteiger partial charge in [-0.15, -0.1) is 0 Å². The Kier molecular flexibility index (Phi) is 6.24. The number of anilines is 1. The van der Waals surface area contributed by atoms with Crippen molar-refractivity contribution in [2.24, 2.45) is 0 Å². The molecule has 0 bridgehead atoms. The van der Waals surface area contributed by atoms with Crippen LogP contribution in [-0.4, -0.2) is 24.9 Å². The Bertz CT molecular complexity index is 503. The van der Waals surface area contributed by atoms with Crippen LogP contribution in [0.25, 0.3) is 0 Å². The first-order valence-electron chi connectivity index (χ1n) is 6.57. The first-order chi connectivity index (χ1) is 9.54. The van der Waals surface area contributed by atoms with Gasteiger partial charge in [0, 0.05) is 32.6 Å². The van der Waals surface area contributed by atoms with Crippen molar-refractivity contribution < 1.29 is 9.59 Å². The Morgan fingerprint density at radius 1 is 1.20 bits per heavy atom. The molecule has 0 radical (unpaired) electrons. The van der Waals surface area contributed by atoms with Crippen molar-refractivity contribution in [3.8, 4) is 6.07 Å². The Morgan fingerprint density at radius 2 is 1.85 bits per heavy atom. The van der Waals surface area contributed by atoms with E-state index < -0.39 is 0 Å². The summed E-state index contributed by atoms with van der Waals surface area (Å²) in [6.45, 7) is 4.22. The van der Waals surface area contributed by atoms with Gasteiger partial charge in [0.1, 0.15) is 0 Å². The molecule has 20 heavy (non-hydrogen) atoms. The average Bonchev–Trinajstić information content (AvgIpc) is 2.42. The lowest BCUT2D eigenvalue weighted by Gasteiger charge is -2.21. The monoisotopic (exact) mass is 273 g/mol. The van der Waals surface area contributed by atoms with Crippen molar-refractivity contribution in [2.45, 2.75) is 26.7 Å². The predicted octanol–water partition coefficient (Wildman–Crippen LogP) is 1.83. The number of carbonyl (C=O) groups excluding carboxylic acids is 2. The van der Waals surface area contributed by atoms with E-state index in [1.54, 1.807) is 29.2 Å². The van der Waals surface area contributed by atoms with Crippen LogP contribution in [0.2, 0.25) is 0 Å². The minimum Gasteiger partial charge on any atom is -0.356 e. The molecule has 0 spiro atoms. The van der Waals surface area contributed by atoms with Crippen LogP contribution < -0.4 is 10.2 Å². The number of nitrogens with zero attached hydrogens (tertiary/aromatic N) is 2. The first-order valence-corrected chi connectivity index (χ1v) is 6.57. The third-order valence-corrected chi connectivity index (χ3v) is 2.87. The summed E-state index contributed by atoms with van der Waals surface area (Å²) < 4.78 is 0. The van der Waals surface area contributed by atoms with Crippen molar-refractivity contribution in [3.05, 3.63) is 29.8 Å². The lowest BCUT2D eigenvalue weighted by molar-refractivity contribution is -0.119. The summed E-state index contributed by atoms with van der Waals surface area (Å²) >= 11 is 0. The fourth-order valence-electron chi connectivity index (χ4n) is 1.84. The topological polar surface area (TPSA) is 73.2 Å². The van der Waals surface area contributed by atoms with Crippen LogP contribution in [0.1, 0.15) is 32.3 Å². The van der Waals surface area contributed by atoms with Crippen LogP contribution >= 0.6 is 0 Å². The summed E-state index contributed by atoms with van der Waals surface area (Å²) in [5, 5.41) is 11.5. The Morgan fingerprint density at radius 3 is 2.35 bits per heavy atom. The van der Waals surface area contributed by atoms with Crippen LogP contribution in [0.5, 0.6) is 0 Å². The Labute approximate surface area is 119 Å². The molecule has 0 atom stereocenters. The van der Waals surface area contributed by atoms with Crippen molar-refractivity contribution in [3.63, 3.8) is 0 Å². The predicted molar refractivity (Wildman–Crippen MR) is 77.1 cm³/mol. The summed E-state index contributed by atoms with van der Waals surface area (Å²) in [5.41, 5.74) is 1.36. The van der Waals surface area contributed by atoms with Crippen molar-refractivity contribution in [2.75, 3.05) is 18.0 Å². The van der Waals surface area contributed by atoms with Crippen LogP contribution in [0.15, 0.2) is 24.3 Å². The van der Waals surface area contributed by atoms with E-state index in [1.807, 2.05) is 6.07 Å². The molecule has 5 nitrogen and oxygen atoms in total. The van der Waals surface area contributed by atoms with E-state index in [1.165, 1.54) is 13.8 Å². The molecule has 0 aliphatic heterocycles. The molecule has 2 amide bonds. The van der Waals surface area contributed by atoms with Crippen LogP contribution in [-0.2, 0) is 9.59 Å². The molecule has 0 saturated heterocycles. The number of hydrogen-bond donors (Lipinski definition) is 1. The van der Waals surface area contributed by atoms with Crippen molar-refractivity contribution >= 4 is 17.5 Å². The Hall–Kier alpha value is -2.35. The molecule has 0 saturated carbocycles. The van der Waals surface area contributed by atoms with Gasteiger partial charge in [0.2, 0.25) is 11.8 Å². The van der Waals surface area contributed by atoms with E-state index in [2.05, 4.69) is 5.32 Å². The van der Waals surface area contributed by atoms with Crippen LogP contribution in [0.4, 0.5) is 5.69 Å². The van der Waals surface area contributed by atoms with E-state index in [0.29, 0.717) is 18.7 Å². The molecule has 0 fully saturated rings. The molecule has 1 N–H and O–H groups in total. The highest BCUT2D eigenvalue weighted by molar-refractivity contribution is 5.91. The second kappa shape index (κ2) is 7.95. The van der Waals surface area contributed by atoms with E-state index in [9.17, 15) is 9.59 Å². The number of nitriles is 1. The highest BCUT2D eigenvalue weighted by atomic mass is 16.2. The number of benzene rings is 1. The molecule has 5 heteroatoms. The number of unbranched alkanes of at least 4 members (excludes halogenated alkanes) is 1. The number of carbonyl (C=O) groups is 2. The number of rotatable bonds is 6. The molecule has 1 rings (SSSR count). The molecule has 106 valence electrons.